The molecule has 0 spiro atoms. The van der Waals surface area contributed by atoms with Crippen molar-refractivity contribution in [1.29, 1.82) is 0 Å². The van der Waals surface area contributed by atoms with Crippen molar-refractivity contribution in [2.45, 2.75) is 32.7 Å². The highest BCUT2D eigenvalue weighted by atomic mass is 32.2. The lowest BCUT2D eigenvalue weighted by molar-refractivity contribution is 0.0784. The highest BCUT2D eigenvalue weighted by Crippen LogP contribution is 2.14. The molecule has 0 bridgehead atoms. The quantitative estimate of drug-likeness (QED) is 0.666. The van der Waals surface area contributed by atoms with Crippen molar-refractivity contribution in [1.82, 2.24) is 4.72 Å². The molecule has 0 saturated carbocycles. The van der Waals surface area contributed by atoms with E-state index in [4.69, 9.17) is 9.47 Å². The van der Waals surface area contributed by atoms with Crippen LogP contribution in [-0.2, 0) is 25.9 Å². The summed E-state index contributed by atoms with van der Waals surface area (Å²) in [7, 11) is -1.79. The van der Waals surface area contributed by atoms with E-state index in [0.29, 0.717) is 19.6 Å². The largest absolute Gasteiger partial charge is 0.382 e. The summed E-state index contributed by atoms with van der Waals surface area (Å²) in [6.45, 7) is 6.83. The predicted octanol–water partition coefficient (Wildman–Crippen LogP) is 1.90. The molecule has 0 aliphatic carbocycles. The van der Waals surface area contributed by atoms with E-state index in [-0.39, 0.29) is 12.4 Å². The molecule has 1 aromatic carbocycles. The summed E-state index contributed by atoms with van der Waals surface area (Å²) in [6.07, 6.45) is 0.636. The second-order valence-corrected chi connectivity index (χ2v) is 7.91. The standard InChI is InChI=1S/C16H27NO4S/c1-14-5-7-15(8-6-14)13-16(2,3)17-22(18,19)12-11-21-10-9-20-4/h5-8,17H,9-13H2,1-4H3. The van der Waals surface area contributed by atoms with Crippen molar-refractivity contribution < 1.29 is 17.9 Å². The maximum atomic E-state index is 12.1. The fraction of sp³-hybridized carbons (Fsp3) is 0.625. The Kier molecular flexibility index (Phi) is 7.48. The molecule has 5 nitrogen and oxygen atoms in total. The summed E-state index contributed by atoms with van der Waals surface area (Å²) in [6, 6.07) is 8.12. The molecule has 0 atom stereocenters. The second-order valence-electron chi connectivity index (χ2n) is 6.07. The molecule has 126 valence electrons. The van der Waals surface area contributed by atoms with E-state index in [1.165, 1.54) is 5.56 Å². The Bertz CT molecular complexity index is 538. The van der Waals surface area contributed by atoms with Crippen LogP contribution in [0.5, 0.6) is 0 Å². The molecule has 0 heterocycles. The van der Waals surface area contributed by atoms with Crippen LogP contribution in [0.1, 0.15) is 25.0 Å². The van der Waals surface area contributed by atoms with Gasteiger partial charge in [0.15, 0.2) is 0 Å². The average molecular weight is 329 g/mol. The first-order valence-corrected chi connectivity index (χ1v) is 9.03. The molecule has 0 aliphatic heterocycles. The van der Waals surface area contributed by atoms with Crippen molar-refractivity contribution in [3.8, 4) is 0 Å². The minimum absolute atomic E-state index is 0.0476. The third-order valence-electron chi connectivity index (χ3n) is 3.13. The van der Waals surface area contributed by atoms with Crippen LogP contribution in [-0.4, -0.2) is 46.6 Å². The van der Waals surface area contributed by atoms with E-state index in [1.54, 1.807) is 7.11 Å². The number of rotatable bonds is 10. The second kappa shape index (κ2) is 8.62. The fourth-order valence-electron chi connectivity index (χ4n) is 2.14. The molecule has 0 aromatic heterocycles. The molecule has 0 amide bonds. The topological polar surface area (TPSA) is 64.6 Å². The van der Waals surface area contributed by atoms with Crippen molar-refractivity contribution in [3.63, 3.8) is 0 Å². The van der Waals surface area contributed by atoms with Crippen LogP contribution in [0.15, 0.2) is 24.3 Å². The lowest BCUT2D eigenvalue weighted by atomic mass is 9.96. The van der Waals surface area contributed by atoms with Gasteiger partial charge in [-0.3, -0.25) is 0 Å². The molecule has 1 aromatic rings. The van der Waals surface area contributed by atoms with Gasteiger partial charge in [-0.2, -0.15) is 0 Å². The van der Waals surface area contributed by atoms with Crippen molar-refractivity contribution in [2.75, 3.05) is 32.7 Å². The highest BCUT2D eigenvalue weighted by molar-refractivity contribution is 7.89. The SMILES string of the molecule is COCCOCCS(=O)(=O)NC(C)(C)Cc1ccc(C)cc1. The number of benzene rings is 1. The number of aryl methyl sites for hydroxylation is 1. The lowest BCUT2D eigenvalue weighted by Gasteiger charge is -2.26. The van der Waals surface area contributed by atoms with Gasteiger partial charge in [-0.1, -0.05) is 29.8 Å². The van der Waals surface area contributed by atoms with Gasteiger partial charge in [-0.25, -0.2) is 13.1 Å². The van der Waals surface area contributed by atoms with E-state index in [0.717, 1.165) is 5.56 Å². The Morgan fingerprint density at radius 3 is 2.32 bits per heavy atom. The van der Waals surface area contributed by atoms with Gasteiger partial charge in [0.2, 0.25) is 10.0 Å². The van der Waals surface area contributed by atoms with Gasteiger partial charge in [-0.05, 0) is 32.8 Å². The van der Waals surface area contributed by atoms with Crippen LogP contribution in [0.2, 0.25) is 0 Å². The molecule has 0 saturated heterocycles. The Hall–Kier alpha value is -0.950. The van der Waals surface area contributed by atoms with Gasteiger partial charge in [-0.15, -0.1) is 0 Å². The first-order chi connectivity index (χ1) is 10.2. The molecule has 0 fully saturated rings. The van der Waals surface area contributed by atoms with Gasteiger partial charge >= 0.3 is 0 Å². The maximum absolute atomic E-state index is 12.1. The van der Waals surface area contributed by atoms with Crippen LogP contribution in [0, 0.1) is 6.92 Å². The molecular weight excluding hydrogens is 302 g/mol. The molecule has 0 radical (unpaired) electrons. The van der Waals surface area contributed by atoms with Crippen molar-refractivity contribution in [3.05, 3.63) is 35.4 Å². The highest BCUT2D eigenvalue weighted by Gasteiger charge is 2.25. The van der Waals surface area contributed by atoms with Crippen molar-refractivity contribution in [2.24, 2.45) is 0 Å². The minimum Gasteiger partial charge on any atom is -0.382 e. The van der Waals surface area contributed by atoms with Gasteiger partial charge in [0.1, 0.15) is 0 Å². The molecule has 0 unspecified atom stereocenters. The smallest absolute Gasteiger partial charge is 0.214 e. The molecule has 22 heavy (non-hydrogen) atoms. The van der Waals surface area contributed by atoms with Crippen LogP contribution < -0.4 is 4.72 Å². The molecule has 0 aliphatic rings. The summed E-state index contributed by atoms with van der Waals surface area (Å²) in [5, 5.41) is 0. The first-order valence-electron chi connectivity index (χ1n) is 7.38. The Morgan fingerprint density at radius 1 is 1.09 bits per heavy atom. The Balaban J connectivity index is 2.49. The van der Waals surface area contributed by atoms with Gasteiger partial charge in [0, 0.05) is 12.6 Å². The summed E-state index contributed by atoms with van der Waals surface area (Å²) in [5.41, 5.74) is 1.76. The maximum Gasteiger partial charge on any atom is 0.214 e. The molecule has 6 heteroatoms. The number of nitrogens with one attached hydrogen (secondary N) is 1. The van der Waals surface area contributed by atoms with Crippen molar-refractivity contribution >= 4 is 10.0 Å². The lowest BCUT2D eigenvalue weighted by Crippen LogP contribution is -2.46. The Labute approximate surface area is 134 Å². The van der Waals surface area contributed by atoms with Crippen LogP contribution in [0.4, 0.5) is 0 Å². The third kappa shape index (κ3) is 7.89. The number of hydrogen-bond acceptors (Lipinski definition) is 4. The fourth-order valence-corrected chi connectivity index (χ4v) is 3.49. The molecule has 1 N–H and O–H groups in total. The zero-order valence-corrected chi connectivity index (χ0v) is 14.7. The Morgan fingerprint density at radius 2 is 1.73 bits per heavy atom. The third-order valence-corrected chi connectivity index (χ3v) is 4.69. The van der Waals surface area contributed by atoms with E-state index in [1.807, 2.05) is 45.0 Å². The first kappa shape index (κ1) is 19.1. The van der Waals surface area contributed by atoms with Crippen LogP contribution >= 0.6 is 0 Å². The molecular formula is C16H27NO4S. The monoisotopic (exact) mass is 329 g/mol. The average Bonchev–Trinajstić information content (AvgIpc) is 2.39. The summed E-state index contributed by atoms with van der Waals surface area (Å²) in [5.74, 6) is -0.0476. The van der Waals surface area contributed by atoms with E-state index in [2.05, 4.69) is 4.72 Å². The minimum atomic E-state index is -3.37. The van der Waals surface area contributed by atoms with Crippen LogP contribution in [0.25, 0.3) is 0 Å². The van der Waals surface area contributed by atoms with E-state index >= 15 is 0 Å². The molecule has 1 rings (SSSR count). The van der Waals surface area contributed by atoms with Gasteiger partial charge in [0.25, 0.3) is 0 Å². The van der Waals surface area contributed by atoms with Crippen LogP contribution in [0.3, 0.4) is 0 Å². The summed E-state index contributed by atoms with van der Waals surface area (Å²) < 4.78 is 37.0. The predicted molar refractivity (Wildman–Crippen MR) is 88.6 cm³/mol. The zero-order valence-electron chi connectivity index (χ0n) is 13.9. The normalized spacial score (nSPS) is 12.5. The van der Waals surface area contributed by atoms with Gasteiger partial charge in [0.05, 0.1) is 25.6 Å². The zero-order chi connectivity index (χ0) is 16.6. The van der Waals surface area contributed by atoms with E-state index in [9.17, 15) is 8.42 Å². The number of hydrogen-bond donors (Lipinski definition) is 1. The number of methoxy groups -OCH3 is 1. The number of sulfonamides is 1. The van der Waals surface area contributed by atoms with Gasteiger partial charge < -0.3 is 9.47 Å². The summed E-state index contributed by atoms with van der Waals surface area (Å²) in [4.78, 5) is 0. The van der Waals surface area contributed by atoms with E-state index < -0.39 is 15.6 Å². The number of ether oxygens (including phenoxy) is 2. The summed E-state index contributed by atoms with van der Waals surface area (Å²) >= 11 is 0.